The molecule has 2 rings (SSSR count). The summed E-state index contributed by atoms with van der Waals surface area (Å²) in [5.41, 5.74) is 1.03. The van der Waals surface area contributed by atoms with E-state index < -0.39 is 10.9 Å². The van der Waals surface area contributed by atoms with Crippen LogP contribution in [0.2, 0.25) is 0 Å². The van der Waals surface area contributed by atoms with Gasteiger partial charge in [0, 0.05) is 16.1 Å². The van der Waals surface area contributed by atoms with Crippen LogP contribution in [0.1, 0.15) is 10.4 Å². The number of ether oxygens (including phenoxy) is 1. The van der Waals surface area contributed by atoms with Crippen LogP contribution in [0.3, 0.4) is 0 Å². The summed E-state index contributed by atoms with van der Waals surface area (Å²) in [6.45, 7) is 0. The van der Waals surface area contributed by atoms with Crippen LogP contribution in [0.15, 0.2) is 46.9 Å². The molecule has 0 bridgehead atoms. The van der Waals surface area contributed by atoms with E-state index in [4.69, 9.17) is 4.74 Å². The van der Waals surface area contributed by atoms with Crippen LogP contribution in [0, 0.1) is 10.1 Å². The average molecular weight is 336 g/mol. The number of nitro groups is 1. The highest BCUT2D eigenvalue weighted by Crippen LogP contribution is 2.38. The fourth-order valence-electron chi connectivity index (χ4n) is 1.92. The van der Waals surface area contributed by atoms with E-state index >= 15 is 0 Å². The number of nitrogens with zero attached hydrogens (tertiary/aromatic N) is 1. The second-order valence-corrected chi connectivity index (χ2v) is 4.78. The summed E-state index contributed by atoms with van der Waals surface area (Å²) >= 11 is 3.30. The molecule has 0 saturated heterocycles. The van der Waals surface area contributed by atoms with Crippen LogP contribution in [0.25, 0.3) is 11.1 Å². The molecule has 0 aliphatic heterocycles. The zero-order valence-electron chi connectivity index (χ0n) is 10.5. The Morgan fingerprint density at radius 2 is 1.90 bits per heavy atom. The molecule has 0 amide bonds. The van der Waals surface area contributed by atoms with Gasteiger partial charge in [-0.15, -0.1) is 0 Å². The molecule has 20 heavy (non-hydrogen) atoms. The van der Waals surface area contributed by atoms with Gasteiger partial charge in [0.1, 0.15) is 0 Å². The lowest BCUT2D eigenvalue weighted by Gasteiger charge is -2.10. The van der Waals surface area contributed by atoms with Crippen LogP contribution in [-0.4, -0.2) is 18.0 Å². The zero-order chi connectivity index (χ0) is 14.7. The van der Waals surface area contributed by atoms with E-state index in [1.54, 1.807) is 36.4 Å². The molecule has 0 N–H and O–H groups in total. The normalized spacial score (nSPS) is 10.1. The van der Waals surface area contributed by atoms with Crippen molar-refractivity contribution in [2.24, 2.45) is 0 Å². The van der Waals surface area contributed by atoms with E-state index in [9.17, 15) is 14.9 Å². The molecule has 0 atom stereocenters. The third kappa shape index (κ3) is 2.55. The van der Waals surface area contributed by atoms with Gasteiger partial charge in [-0.1, -0.05) is 24.3 Å². The van der Waals surface area contributed by atoms with Crippen LogP contribution in [0.4, 0.5) is 5.69 Å². The van der Waals surface area contributed by atoms with Crippen molar-refractivity contribution in [3.63, 3.8) is 0 Å². The lowest BCUT2D eigenvalue weighted by atomic mass is 9.98. The largest absolute Gasteiger partial charge is 0.465 e. The van der Waals surface area contributed by atoms with Crippen LogP contribution < -0.4 is 0 Å². The molecule has 0 fully saturated rings. The van der Waals surface area contributed by atoms with Gasteiger partial charge in [0.25, 0.3) is 5.69 Å². The maximum Gasteiger partial charge on any atom is 0.338 e. The van der Waals surface area contributed by atoms with Gasteiger partial charge in [-0.2, -0.15) is 0 Å². The van der Waals surface area contributed by atoms with E-state index in [1.165, 1.54) is 13.2 Å². The fourth-order valence-corrected chi connectivity index (χ4v) is 2.49. The molecule has 0 heterocycles. The Labute approximate surface area is 123 Å². The molecule has 0 unspecified atom stereocenters. The van der Waals surface area contributed by atoms with Crippen LogP contribution >= 0.6 is 15.9 Å². The minimum absolute atomic E-state index is 0.0734. The first-order valence-electron chi connectivity index (χ1n) is 5.67. The first kappa shape index (κ1) is 14.2. The van der Waals surface area contributed by atoms with Crippen molar-refractivity contribution < 1.29 is 14.5 Å². The topological polar surface area (TPSA) is 69.4 Å². The number of hydrogen-bond acceptors (Lipinski definition) is 4. The monoisotopic (exact) mass is 335 g/mol. The zero-order valence-corrected chi connectivity index (χ0v) is 12.1. The smallest absolute Gasteiger partial charge is 0.338 e. The second kappa shape index (κ2) is 5.83. The van der Waals surface area contributed by atoms with E-state index in [1.807, 2.05) is 0 Å². The number of esters is 1. The van der Waals surface area contributed by atoms with Gasteiger partial charge < -0.3 is 4.74 Å². The predicted molar refractivity (Wildman–Crippen MR) is 77.6 cm³/mol. The van der Waals surface area contributed by atoms with Gasteiger partial charge in [0.2, 0.25) is 0 Å². The Morgan fingerprint density at radius 1 is 1.20 bits per heavy atom. The third-order valence-electron chi connectivity index (χ3n) is 2.79. The molecular formula is C14H10BrNO4. The van der Waals surface area contributed by atoms with E-state index in [-0.39, 0.29) is 11.3 Å². The maximum atomic E-state index is 11.8. The number of benzene rings is 2. The number of rotatable bonds is 3. The molecule has 102 valence electrons. The van der Waals surface area contributed by atoms with Crippen molar-refractivity contribution in [3.8, 4) is 11.1 Å². The van der Waals surface area contributed by atoms with Gasteiger partial charge in [0.05, 0.1) is 23.2 Å². The van der Waals surface area contributed by atoms with Crippen LogP contribution in [0.5, 0.6) is 0 Å². The Morgan fingerprint density at radius 3 is 2.55 bits per heavy atom. The Hall–Kier alpha value is -2.21. The second-order valence-electron chi connectivity index (χ2n) is 3.93. The summed E-state index contributed by atoms with van der Waals surface area (Å²) in [7, 11) is 1.27. The Balaban J connectivity index is 2.75. The molecule has 0 aliphatic rings. The third-order valence-corrected chi connectivity index (χ3v) is 3.45. The summed E-state index contributed by atoms with van der Waals surface area (Å²) in [6.07, 6.45) is 0. The predicted octanol–water partition coefficient (Wildman–Crippen LogP) is 3.81. The SMILES string of the molecule is COC(=O)c1ccccc1-c1c(Br)cccc1[N+](=O)[O-]. The molecule has 0 saturated carbocycles. The standard InChI is InChI=1S/C14H10BrNO4/c1-20-14(17)10-6-3-2-5-9(10)13-11(15)7-4-8-12(13)16(18)19/h2-8H,1H3. The minimum atomic E-state index is -0.536. The van der Waals surface area contributed by atoms with Crippen molar-refractivity contribution in [2.75, 3.05) is 7.11 Å². The summed E-state index contributed by atoms with van der Waals surface area (Å²) in [4.78, 5) is 22.5. The minimum Gasteiger partial charge on any atom is -0.465 e. The molecule has 0 radical (unpaired) electrons. The van der Waals surface area contributed by atoms with Crippen molar-refractivity contribution in [2.45, 2.75) is 0 Å². The van der Waals surface area contributed by atoms with Gasteiger partial charge in [-0.25, -0.2) is 4.79 Å². The van der Waals surface area contributed by atoms with E-state index in [2.05, 4.69) is 15.9 Å². The highest BCUT2D eigenvalue weighted by atomic mass is 79.9. The molecule has 5 nitrogen and oxygen atoms in total. The quantitative estimate of drug-likeness (QED) is 0.485. The van der Waals surface area contributed by atoms with Crippen molar-refractivity contribution in [1.82, 2.24) is 0 Å². The summed E-state index contributed by atoms with van der Waals surface area (Å²) in [5.74, 6) is -0.536. The van der Waals surface area contributed by atoms with Crippen LogP contribution in [-0.2, 0) is 4.74 Å². The Kier molecular flexibility index (Phi) is 4.14. The molecule has 2 aromatic rings. The fraction of sp³-hybridized carbons (Fsp3) is 0.0714. The Bertz CT molecular complexity index is 685. The van der Waals surface area contributed by atoms with Gasteiger partial charge >= 0.3 is 5.97 Å². The lowest BCUT2D eigenvalue weighted by Crippen LogP contribution is -2.04. The molecule has 0 aliphatic carbocycles. The average Bonchev–Trinajstić information content (AvgIpc) is 2.46. The first-order valence-corrected chi connectivity index (χ1v) is 6.46. The summed E-state index contributed by atoms with van der Waals surface area (Å²) in [5, 5.41) is 11.2. The van der Waals surface area contributed by atoms with Crippen molar-refractivity contribution >= 4 is 27.6 Å². The number of halogens is 1. The number of carbonyl (C=O) groups excluding carboxylic acids is 1. The first-order chi connectivity index (χ1) is 9.56. The van der Waals surface area contributed by atoms with Crippen molar-refractivity contribution in [1.29, 1.82) is 0 Å². The van der Waals surface area contributed by atoms with Crippen molar-refractivity contribution in [3.05, 3.63) is 62.6 Å². The van der Waals surface area contributed by atoms with Gasteiger partial charge in [0.15, 0.2) is 0 Å². The van der Waals surface area contributed by atoms with E-state index in [0.717, 1.165) is 0 Å². The highest BCUT2D eigenvalue weighted by Gasteiger charge is 2.22. The summed E-state index contributed by atoms with van der Waals surface area (Å²) in [6, 6.07) is 11.3. The van der Waals surface area contributed by atoms with Gasteiger partial charge in [-0.3, -0.25) is 10.1 Å². The highest BCUT2D eigenvalue weighted by molar-refractivity contribution is 9.10. The number of methoxy groups -OCH3 is 1. The number of nitro benzene ring substituents is 1. The molecule has 6 heteroatoms. The lowest BCUT2D eigenvalue weighted by molar-refractivity contribution is -0.384. The molecule has 0 spiro atoms. The molecular weight excluding hydrogens is 326 g/mol. The number of carbonyl (C=O) groups is 1. The molecule has 2 aromatic carbocycles. The number of hydrogen-bond donors (Lipinski definition) is 0. The van der Waals surface area contributed by atoms with E-state index in [0.29, 0.717) is 15.6 Å². The summed E-state index contributed by atoms with van der Waals surface area (Å²) < 4.78 is 5.26. The van der Waals surface area contributed by atoms with Gasteiger partial charge in [-0.05, 0) is 28.1 Å². The molecule has 0 aromatic heterocycles. The maximum absolute atomic E-state index is 11.8.